The maximum absolute atomic E-state index is 13.1. The molecule has 1 saturated carbocycles. The quantitative estimate of drug-likeness (QED) is 0.880. The zero-order chi connectivity index (χ0) is 14.0. The molecular formula is C16H22F2O. The fourth-order valence-electron chi connectivity index (χ4n) is 3.46. The van der Waals surface area contributed by atoms with Gasteiger partial charge in [0.1, 0.15) is 11.6 Å². The number of hydrogen-bond acceptors (Lipinski definition) is 1. The lowest BCUT2D eigenvalue weighted by Gasteiger charge is -2.34. The van der Waals surface area contributed by atoms with Crippen LogP contribution in [0.15, 0.2) is 18.2 Å². The highest BCUT2D eigenvalue weighted by atomic mass is 19.1. The number of aliphatic hydroxyl groups excluding tert-OH is 1. The van der Waals surface area contributed by atoms with Crippen LogP contribution in [-0.4, -0.2) is 11.2 Å². The van der Waals surface area contributed by atoms with Gasteiger partial charge in [-0.3, -0.25) is 0 Å². The summed E-state index contributed by atoms with van der Waals surface area (Å²) in [6.07, 6.45) is 3.04. The molecule has 3 atom stereocenters. The summed E-state index contributed by atoms with van der Waals surface area (Å²) in [4.78, 5) is 0. The molecule has 1 aromatic carbocycles. The van der Waals surface area contributed by atoms with Crippen molar-refractivity contribution in [3.63, 3.8) is 0 Å². The van der Waals surface area contributed by atoms with Gasteiger partial charge < -0.3 is 5.11 Å². The summed E-state index contributed by atoms with van der Waals surface area (Å²) in [5.41, 5.74) is 0.538. The second-order valence-electron chi connectivity index (χ2n) is 6.23. The average molecular weight is 268 g/mol. The predicted molar refractivity (Wildman–Crippen MR) is 71.7 cm³/mol. The number of hydrogen-bond donors (Lipinski definition) is 1. The molecule has 0 radical (unpaired) electrons. The van der Waals surface area contributed by atoms with Gasteiger partial charge >= 0.3 is 0 Å². The van der Waals surface area contributed by atoms with Crippen molar-refractivity contribution in [1.29, 1.82) is 0 Å². The largest absolute Gasteiger partial charge is 0.392 e. The van der Waals surface area contributed by atoms with Crippen molar-refractivity contribution in [2.75, 3.05) is 0 Å². The summed E-state index contributed by atoms with van der Waals surface area (Å²) in [5, 5.41) is 10.3. The third-order valence-corrected chi connectivity index (χ3v) is 4.13. The maximum atomic E-state index is 13.1. The van der Waals surface area contributed by atoms with Crippen LogP contribution in [0.5, 0.6) is 0 Å². The van der Waals surface area contributed by atoms with Gasteiger partial charge in [-0.1, -0.05) is 13.8 Å². The first-order valence-electron chi connectivity index (χ1n) is 7.07. The van der Waals surface area contributed by atoms with Crippen LogP contribution in [0.1, 0.15) is 38.7 Å². The zero-order valence-electron chi connectivity index (χ0n) is 11.6. The molecule has 0 bridgehead atoms. The molecule has 0 aromatic heterocycles. The molecule has 3 heteroatoms. The number of halogens is 2. The molecule has 0 heterocycles. The molecule has 106 valence electrons. The van der Waals surface area contributed by atoms with Crippen molar-refractivity contribution in [2.24, 2.45) is 17.8 Å². The van der Waals surface area contributed by atoms with E-state index in [2.05, 4.69) is 13.8 Å². The molecule has 2 rings (SSSR count). The van der Waals surface area contributed by atoms with Gasteiger partial charge in [-0.2, -0.15) is 0 Å². The Hall–Kier alpha value is -0.960. The van der Waals surface area contributed by atoms with Gasteiger partial charge in [0.15, 0.2) is 0 Å². The predicted octanol–water partition coefficient (Wildman–Crippen LogP) is 3.94. The van der Waals surface area contributed by atoms with Crippen LogP contribution in [-0.2, 0) is 6.42 Å². The third kappa shape index (κ3) is 4.00. The highest BCUT2D eigenvalue weighted by molar-refractivity contribution is 5.18. The molecule has 0 aliphatic heterocycles. The van der Waals surface area contributed by atoms with Crippen molar-refractivity contribution >= 4 is 0 Å². The molecule has 0 spiro atoms. The van der Waals surface area contributed by atoms with Crippen LogP contribution in [0.3, 0.4) is 0 Å². The van der Waals surface area contributed by atoms with E-state index >= 15 is 0 Å². The van der Waals surface area contributed by atoms with E-state index in [0.717, 1.165) is 18.9 Å². The van der Waals surface area contributed by atoms with Gasteiger partial charge in [-0.25, -0.2) is 8.78 Å². The second kappa shape index (κ2) is 6.00. The fourth-order valence-corrected chi connectivity index (χ4v) is 3.46. The molecule has 19 heavy (non-hydrogen) atoms. The van der Waals surface area contributed by atoms with Crippen LogP contribution in [0.25, 0.3) is 0 Å². The normalized spacial score (nSPS) is 29.2. The van der Waals surface area contributed by atoms with Gasteiger partial charge in [-0.15, -0.1) is 0 Å². The van der Waals surface area contributed by atoms with E-state index in [4.69, 9.17) is 0 Å². The number of benzene rings is 1. The molecule has 1 N–H and O–H groups in total. The van der Waals surface area contributed by atoms with Gasteiger partial charge in [0.2, 0.25) is 0 Å². The molecule has 1 aliphatic rings. The topological polar surface area (TPSA) is 20.2 Å². The summed E-state index contributed by atoms with van der Waals surface area (Å²) in [5.74, 6) is 0.325. The fraction of sp³-hybridized carbons (Fsp3) is 0.625. The molecule has 3 unspecified atom stereocenters. The Morgan fingerprint density at radius 1 is 1.05 bits per heavy atom. The maximum Gasteiger partial charge on any atom is 0.126 e. The summed E-state index contributed by atoms with van der Waals surface area (Å²) >= 11 is 0. The Morgan fingerprint density at radius 2 is 1.58 bits per heavy atom. The lowest BCUT2D eigenvalue weighted by Crippen LogP contribution is -2.30. The van der Waals surface area contributed by atoms with Crippen LogP contribution in [0, 0.1) is 29.4 Å². The zero-order valence-corrected chi connectivity index (χ0v) is 11.6. The monoisotopic (exact) mass is 268 g/mol. The van der Waals surface area contributed by atoms with Crippen LogP contribution < -0.4 is 0 Å². The molecule has 1 fully saturated rings. The first-order valence-corrected chi connectivity index (χ1v) is 7.07. The van der Waals surface area contributed by atoms with E-state index in [1.807, 2.05) is 0 Å². The van der Waals surface area contributed by atoms with Crippen molar-refractivity contribution in [3.05, 3.63) is 35.4 Å². The molecule has 1 nitrogen and oxygen atoms in total. The van der Waals surface area contributed by atoms with Crippen LogP contribution >= 0.6 is 0 Å². The molecule has 0 amide bonds. The lowest BCUT2D eigenvalue weighted by atomic mass is 9.73. The highest BCUT2D eigenvalue weighted by Crippen LogP contribution is 2.35. The Morgan fingerprint density at radius 3 is 2.11 bits per heavy atom. The van der Waals surface area contributed by atoms with Crippen molar-refractivity contribution in [3.8, 4) is 0 Å². The van der Waals surface area contributed by atoms with Gasteiger partial charge in [-0.05, 0) is 61.1 Å². The van der Waals surface area contributed by atoms with Gasteiger partial charge in [0.25, 0.3) is 0 Å². The smallest absolute Gasteiger partial charge is 0.126 e. The molecule has 1 aromatic rings. The van der Waals surface area contributed by atoms with Gasteiger partial charge in [0.05, 0.1) is 6.10 Å². The standard InChI is InChI=1S/C16H22F2O/c1-10-3-11(2)5-13(4-10)16(19)8-12-6-14(17)9-15(18)7-12/h6-7,9-11,13,16,19H,3-5,8H2,1-2H3. The summed E-state index contributed by atoms with van der Waals surface area (Å²) in [6, 6.07) is 3.48. The molecule has 0 saturated heterocycles. The Balaban J connectivity index is 2.01. The van der Waals surface area contributed by atoms with E-state index in [-0.39, 0.29) is 5.92 Å². The minimum absolute atomic E-state index is 0.241. The first kappa shape index (κ1) is 14.4. The van der Waals surface area contributed by atoms with Crippen molar-refractivity contribution < 1.29 is 13.9 Å². The number of aliphatic hydroxyl groups is 1. The lowest BCUT2D eigenvalue weighted by molar-refractivity contribution is 0.0560. The highest BCUT2D eigenvalue weighted by Gasteiger charge is 2.29. The Bertz CT molecular complexity index is 403. The average Bonchev–Trinajstić information content (AvgIpc) is 2.25. The van der Waals surface area contributed by atoms with E-state index < -0.39 is 17.7 Å². The summed E-state index contributed by atoms with van der Waals surface area (Å²) < 4.78 is 26.2. The molecular weight excluding hydrogens is 246 g/mol. The van der Waals surface area contributed by atoms with E-state index in [9.17, 15) is 13.9 Å². The van der Waals surface area contributed by atoms with E-state index in [0.29, 0.717) is 23.8 Å². The van der Waals surface area contributed by atoms with Crippen molar-refractivity contribution in [2.45, 2.75) is 45.6 Å². The van der Waals surface area contributed by atoms with Gasteiger partial charge in [0, 0.05) is 6.07 Å². The third-order valence-electron chi connectivity index (χ3n) is 4.13. The SMILES string of the molecule is CC1CC(C)CC(C(O)Cc2cc(F)cc(F)c2)C1. The van der Waals surface area contributed by atoms with Crippen LogP contribution in [0.2, 0.25) is 0 Å². The Labute approximate surface area is 113 Å². The Kier molecular flexibility index (Phi) is 4.56. The summed E-state index contributed by atoms with van der Waals surface area (Å²) in [6.45, 7) is 4.41. The molecule has 1 aliphatic carbocycles. The minimum atomic E-state index is -0.576. The summed E-state index contributed by atoms with van der Waals surface area (Å²) in [7, 11) is 0. The van der Waals surface area contributed by atoms with E-state index in [1.54, 1.807) is 0 Å². The van der Waals surface area contributed by atoms with E-state index in [1.165, 1.54) is 18.6 Å². The second-order valence-corrected chi connectivity index (χ2v) is 6.23. The minimum Gasteiger partial charge on any atom is -0.392 e. The van der Waals surface area contributed by atoms with Crippen molar-refractivity contribution in [1.82, 2.24) is 0 Å². The number of rotatable bonds is 3. The van der Waals surface area contributed by atoms with Crippen LogP contribution in [0.4, 0.5) is 8.78 Å². The first-order chi connectivity index (χ1) is 8.94.